The summed E-state index contributed by atoms with van der Waals surface area (Å²) in [4.78, 5) is 13.5. The first-order valence-corrected chi connectivity index (χ1v) is 8.48. The van der Waals surface area contributed by atoms with Gasteiger partial charge in [0, 0.05) is 31.4 Å². The van der Waals surface area contributed by atoms with Gasteiger partial charge in [0.05, 0.1) is 36.3 Å². The van der Waals surface area contributed by atoms with Gasteiger partial charge in [0.1, 0.15) is 6.33 Å². The van der Waals surface area contributed by atoms with Gasteiger partial charge in [-0.15, -0.1) is 0 Å². The number of aliphatic hydroxyl groups is 1. The molecule has 0 amide bonds. The predicted molar refractivity (Wildman–Crippen MR) is 91.4 cm³/mol. The van der Waals surface area contributed by atoms with Gasteiger partial charge in [0.25, 0.3) is 0 Å². The lowest BCUT2D eigenvalue weighted by atomic mass is 10.0. The Balaban J connectivity index is 1.53. The molecule has 3 aromatic heterocycles. The SMILES string of the molecule is C[C@H]1[C@H](O)CN1c1nc(-c2cnn(C3CN(C)C3)c2)cn2ncnc12. The maximum absolute atomic E-state index is 9.85. The molecule has 1 N–H and O–H groups in total. The van der Waals surface area contributed by atoms with Gasteiger partial charge in [-0.1, -0.05) is 0 Å². The smallest absolute Gasteiger partial charge is 0.198 e. The van der Waals surface area contributed by atoms with E-state index in [0.29, 0.717) is 18.2 Å². The highest BCUT2D eigenvalue weighted by Gasteiger charge is 2.36. The first-order valence-electron chi connectivity index (χ1n) is 8.48. The summed E-state index contributed by atoms with van der Waals surface area (Å²) >= 11 is 0. The molecule has 0 spiro atoms. The monoisotopic (exact) mass is 340 g/mol. The zero-order chi connectivity index (χ0) is 17.1. The minimum atomic E-state index is -0.327. The summed E-state index contributed by atoms with van der Waals surface area (Å²) in [6.07, 6.45) is 6.97. The standard InChI is InChI=1S/C16H20N8O/c1-10-14(25)8-22(10)16-15-17-9-19-24(15)7-13(20-16)11-3-18-23(4-11)12-5-21(2)6-12/h3-4,7,9-10,12,14,25H,5-6,8H2,1-2H3/t10-,14+/m0/s1. The molecular formula is C16H20N8O. The quantitative estimate of drug-likeness (QED) is 0.720. The van der Waals surface area contributed by atoms with Crippen molar-refractivity contribution in [2.24, 2.45) is 0 Å². The van der Waals surface area contributed by atoms with Crippen LogP contribution in [0.5, 0.6) is 0 Å². The molecule has 130 valence electrons. The van der Waals surface area contributed by atoms with Gasteiger partial charge >= 0.3 is 0 Å². The Morgan fingerprint density at radius 2 is 2.00 bits per heavy atom. The number of likely N-dealkylation sites (tertiary alicyclic amines) is 1. The van der Waals surface area contributed by atoms with Crippen LogP contribution in [0.4, 0.5) is 5.82 Å². The van der Waals surface area contributed by atoms with Gasteiger partial charge in [0.15, 0.2) is 11.5 Å². The first-order chi connectivity index (χ1) is 12.1. The van der Waals surface area contributed by atoms with Crippen LogP contribution in [0.2, 0.25) is 0 Å². The fourth-order valence-corrected chi connectivity index (χ4v) is 3.52. The number of fused-ring (bicyclic) bond motifs is 1. The second-order valence-electron chi connectivity index (χ2n) is 7.02. The molecule has 3 aromatic rings. The molecule has 0 aliphatic carbocycles. The van der Waals surface area contributed by atoms with E-state index in [-0.39, 0.29) is 12.1 Å². The summed E-state index contributed by atoms with van der Waals surface area (Å²) in [6.45, 7) is 4.59. The third-order valence-corrected chi connectivity index (χ3v) is 5.26. The Morgan fingerprint density at radius 1 is 1.16 bits per heavy atom. The van der Waals surface area contributed by atoms with Crippen LogP contribution < -0.4 is 4.90 Å². The summed E-state index contributed by atoms with van der Waals surface area (Å²) in [5, 5.41) is 18.6. The van der Waals surface area contributed by atoms with Gasteiger partial charge < -0.3 is 14.9 Å². The van der Waals surface area contributed by atoms with E-state index in [9.17, 15) is 5.11 Å². The van der Waals surface area contributed by atoms with E-state index in [1.807, 2.05) is 30.2 Å². The molecule has 9 heteroatoms. The second-order valence-corrected chi connectivity index (χ2v) is 7.02. The van der Waals surface area contributed by atoms with Gasteiger partial charge in [-0.05, 0) is 14.0 Å². The van der Waals surface area contributed by atoms with Crippen LogP contribution in [-0.4, -0.2) is 78.2 Å². The minimum absolute atomic E-state index is 0.0245. The highest BCUT2D eigenvalue weighted by atomic mass is 16.3. The van der Waals surface area contributed by atoms with E-state index in [4.69, 9.17) is 4.98 Å². The minimum Gasteiger partial charge on any atom is -0.389 e. The number of hydrogen-bond donors (Lipinski definition) is 1. The zero-order valence-corrected chi connectivity index (χ0v) is 14.2. The Kier molecular flexibility index (Phi) is 3.10. The topological polar surface area (TPSA) is 87.6 Å². The number of aromatic nitrogens is 6. The molecule has 2 fully saturated rings. The Labute approximate surface area is 144 Å². The van der Waals surface area contributed by atoms with Crippen molar-refractivity contribution < 1.29 is 5.11 Å². The van der Waals surface area contributed by atoms with E-state index in [2.05, 4.69) is 32.0 Å². The number of nitrogens with zero attached hydrogens (tertiary/aromatic N) is 8. The van der Waals surface area contributed by atoms with Crippen molar-refractivity contribution in [1.29, 1.82) is 0 Å². The van der Waals surface area contributed by atoms with Crippen LogP contribution in [0, 0.1) is 0 Å². The van der Waals surface area contributed by atoms with Crippen LogP contribution in [0.25, 0.3) is 16.9 Å². The van der Waals surface area contributed by atoms with Crippen LogP contribution in [-0.2, 0) is 0 Å². The van der Waals surface area contributed by atoms with Crippen molar-refractivity contribution in [3.63, 3.8) is 0 Å². The summed E-state index contributed by atoms with van der Waals surface area (Å²) in [6, 6.07) is 0.454. The van der Waals surface area contributed by atoms with Gasteiger partial charge in [-0.3, -0.25) is 4.68 Å². The molecule has 2 saturated heterocycles. The van der Waals surface area contributed by atoms with E-state index in [1.54, 1.807) is 4.52 Å². The summed E-state index contributed by atoms with van der Waals surface area (Å²) in [7, 11) is 2.11. The molecule has 5 heterocycles. The first kappa shape index (κ1) is 14.8. The van der Waals surface area contributed by atoms with E-state index < -0.39 is 0 Å². The summed E-state index contributed by atoms with van der Waals surface area (Å²) in [5.74, 6) is 0.754. The number of rotatable bonds is 3. The number of β-amino-alcohol motifs (C(OH)–C–C–N with tert-alkyl or cyclic N) is 1. The van der Waals surface area contributed by atoms with E-state index >= 15 is 0 Å². The lowest BCUT2D eigenvalue weighted by Gasteiger charge is -2.44. The molecule has 2 atom stereocenters. The lowest BCUT2D eigenvalue weighted by Crippen LogP contribution is -2.59. The highest BCUT2D eigenvalue weighted by Crippen LogP contribution is 2.30. The molecule has 2 aliphatic rings. The fraction of sp³-hybridized carbons (Fsp3) is 0.500. The molecule has 2 aliphatic heterocycles. The third kappa shape index (κ3) is 2.23. The van der Waals surface area contributed by atoms with Crippen molar-refractivity contribution in [2.75, 3.05) is 31.6 Å². The molecule has 5 rings (SSSR count). The van der Waals surface area contributed by atoms with Crippen LogP contribution in [0.1, 0.15) is 13.0 Å². The van der Waals surface area contributed by atoms with Crippen molar-refractivity contribution in [3.05, 3.63) is 24.9 Å². The fourth-order valence-electron chi connectivity index (χ4n) is 3.52. The Hall–Kier alpha value is -2.52. The molecule has 0 bridgehead atoms. The molecular weight excluding hydrogens is 320 g/mol. The van der Waals surface area contributed by atoms with Gasteiger partial charge in [0.2, 0.25) is 0 Å². The average molecular weight is 340 g/mol. The van der Waals surface area contributed by atoms with Crippen molar-refractivity contribution >= 4 is 11.5 Å². The molecule has 0 unspecified atom stereocenters. The van der Waals surface area contributed by atoms with Crippen LogP contribution in [0.15, 0.2) is 24.9 Å². The van der Waals surface area contributed by atoms with Crippen LogP contribution >= 0.6 is 0 Å². The van der Waals surface area contributed by atoms with Gasteiger partial charge in [-0.25, -0.2) is 14.5 Å². The number of likely N-dealkylation sites (N-methyl/N-ethyl adjacent to an activating group) is 1. The number of anilines is 1. The molecule has 0 radical (unpaired) electrons. The second kappa shape index (κ2) is 5.24. The summed E-state index contributed by atoms with van der Waals surface area (Å²) in [5.41, 5.74) is 2.47. The molecule has 9 nitrogen and oxygen atoms in total. The van der Waals surface area contributed by atoms with Crippen molar-refractivity contribution in [3.8, 4) is 11.3 Å². The predicted octanol–water partition coefficient (Wildman–Crippen LogP) is 0.0437. The summed E-state index contributed by atoms with van der Waals surface area (Å²) < 4.78 is 3.75. The zero-order valence-electron chi connectivity index (χ0n) is 14.2. The maximum atomic E-state index is 9.85. The Bertz CT molecular complexity index is 927. The van der Waals surface area contributed by atoms with E-state index in [1.165, 1.54) is 6.33 Å². The normalized spacial score (nSPS) is 24.5. The van der Waals surface area contributed by atoms with Gasteiger partial charge in [-0.2, -0.15) is 10.2 Å². The molecule has 0 aromatic carbocycles. The number of hydrogen-bond acceptors (Lipinski definition) is 7. The van der Waals surface area contributed by atoms with Crippen LogP contribution in [0.3, 0.4) is 0 Å². The molecule has 25 heavy (non-hydrogen) atoms. The number of aliphatic hydroxyl groups excluding tert-OH is 1. The lowest BCUT2D eigenvalue weighted by molar-refractivity contribution is 0.0989. The molecule has 0 saturated carbocycles. The average Bonchev–Trinajstić information content (AvgIpc) is 3.24. The Morgan fingerprint density at radius 3 is 2.72 bits per heavy atom. The van der Waals surface area contributed by atoms with Crippen molar-refractivity contribution in [1.82, 2.24) is 34.3 Å². The maximum Gasteiger partial charge on any atom is 0.198 e. The third-order valence-electron chi connectivity index (χ3n) is 5.26. The highest BCUT2D eigenvalue weighted by molar-refractivity contribution is 5.70. The van der Waals surface area contributed by atoms with E-state index in [0.717, 1.165) is 30.2 Å². The van der Waals surface area contributed by atoms with Crippen molar-refractivity contribution in [2.45, 2.75) is 25.1 Å². The largest absolute Gasteiger partial charge is 0.389 e.